The van der Waals surface area contributed by atoms with Gasteiger partial charge in [0, 0.05) is 18.7 Å². The van der Waals surface area contributed by atoms with E-state index in [-0.39, 0.29) is 18.3 Å². The third kappa shape index (κ3) is 2.00. The minimum absolute atomic E-state index is 0.0428. The summed E-state index contributed by atoms with van der Waals surface area (Å²) < 4.78 is 0. The number of aromatic amines is 1. The van der Waals surface area contributed by atoms with Crippen molar-refractivity contribution in [3.8, 4) is 0 Å². The molecule has 1 saturated heterocycles. The molecular formula is C13H16N4O3. The highest BCUT2D eigenvalue weighted by Crippen LogP contribution is 2.29. The van der Waals surface area contributed by atoms with E-state index >= 15 is 0 Å². The van der Waals surface area contributed by atoms with Crippen LogP contribution in [0.1, 0.15) is 13.3 Å². The number of H-pyrrole nitrogens is 1. The Morgan fingerprint density at radius 1 is 1.60 bits per heavy atom. The predicted molar refractivity (Wildman–Crippen MR) is 74.7 cm³/mol. The number of aromatic nitrogens is 2. The average molecular weight is 276 g/mol. The van der Waals surface area contributed by atoms with Crippen molar-refractivity contribution < 1.29 is 10.0 Å². The van der Waals surface area contributed by atoms with E-state index in [9.17, 15) is 15.2 Å². The smallest absolute Gasteiger partial charge is 0.271 e. The van der Waals surface area contributed by atoms with Gasteiger partial charge >= 0.3 is 0 Å². The largest absolute Gasteiger partial charge is 0.394 e. The predicted octanol–water partition coefficient (Wildman–Crippen LogP) is 1.68. The Hall–Kier alpha value is -2.15. The number of nitrogens with zero attached hydrogens (tertiary/aromatic N) is 3. The SMILES string of the molecule is CC1CCN(c2nc3ccc([N+](=O)[O-])cc3[nH]2)C1CO. The summed E-state index contributed by atoms with van der Waals surface area (Å²) in [5.41, 5.74) is 1.38. The number of anilines is 1. The molecule has 106 valence electrons. The minimum atomic E-state index is -0.422. The van der Waals surface area contributed by atoms with E-state index in [1.165, 1.54) is 12.1 Å². The Morgan fingerprint density at radius 2 is 2.40 bits per heavy atom. The maximum absolute atomic E-state index is 10.8. The van der Waals surface area contributed by atoms with E-state index in [0.29, 0.717) is 22.9 Å². The number of hydrogen-bond donors (Lipinski definition) is 2. The lowest BCUT2D eigenvalue weighted by Crippen LogP contribution is -2.35. The highest BCUT2D eigenvalue weighted by atomic mass is 16.6. The van der Waals surface area contributed by atoms with E-state index in [1.807, 2.05) is 4.90 Å². The molecule has 20 heavy (non-hydrogen) atoms. The molecule has 2 N–H and O–H groups in total. The molecule has 0 spiro atoms. The zero-order chi connectivity index (χ0) is 14.3. The topological polar surface area (TPSA) is 95.3 Å². The van der Waals surface area contributed by atoms with Crippen LogP contribution in [0.5, 0.6) is 0 Å². The third-order valence-electron chi connectivity index (χ3n) is 4.01. The highest BCUT2D eigenvalue weighted by molar-refractivity contribution is 5.80. The summed E-state index contributed by atoms with van der Waals surface area (Å²) >= 11 is 0. The van der Waals surface area contributed by atoms with Gasteiger partial charge in [0.05, 0.1) is 28.6 Å². The number of aliphatic hydroxyl groups is 1. The maximum Gasteiger partial charge on any atom is 0.271 e. The molecule has 0 bridgehead atoms. The summed E-state index contributed by atoms with van der Waals surface area (Å²) in [5.74, 6) is 1.08. The van der Waals surface area contributed by atoms with Crippen molar-refractivity contribution in [2.45, 2.75) is 19.4 Å². The lowest BCUT2D eigenvalue weighted by molar-refractivity contribution is -0.384. The highest BCUT2D eigenvalue weighted by Gasteiger charge is 2.32. The number of hydrogen-bond acceptors (Lipinski definition) is 5. The van der Waals surface area contributed by atoms with Gasteiger partial charge in [-0.25, -0.2) is 4.98 Å². The number of nitrogens with one attached hydrogen (secondary N) is 1. The van der Waals surface area contributed by atoms with Crippen LogP contribution in [0.4, 0.5) is 11.6 Å². The second-order valence-corrected chi connectivity index (χ2v) is 5.23. The van der Waals surface area contributed by atoms with Gasteiger partial charge in [-0.05, 0) is 18.4 Å². The molecule has 7 heteroatoms. The number of fused-ring (bicyclic) bond motifs is 1. The van der Waals surface area contributed by atoms with E-state index in [2.05, 4.69) is 16.9 Å². The van der Waals surface area contributed by atoms with E-state index in [0.717, 1.165) is 13.0 Å². The van der Waals surface area contributed by atoms with Crippen molar-refractivity contribution in [3.05, 3.63) is 28.3 Å². The fourth-order valence-electron chi connectivity index (χ4n) is 2.78. The van der Waals surface area contributed by atoms with Crippen LogP contribution in [-0.2, 0) is 0 Å². The molecule has 1 aromatic heterocycles. The van der Waals surface area contributed by atoms with Gasteiger partial charge in [0.25, 0.3) is 5.69 Å². The summed E-state index contributed by atoms with van der Waals surface area (Å²) in [6.45, 7) is 3.01. The molecule has 2 unspecified atom stereocenters. The minimum Gasteiger partial charge on any atom is -0.394 e. The van der Waals surface area contributed by atoms with Crippen LogP contribution in [0, 0.1) is 16.0 Å². The van der Waals surface area contributed by atoms with Crippen molar-refractivity contribution >= 4 is 22.7 Å². The Kier molecular flexibility index (Phi) is 3.06. The Morgan fingerprint density at radius 3 is 3.10 bits per heavy atom. The van der Waals surface area contributed by atoms with Crippen molar-refractivity contribution in [2.24, 2.45) is 5.92 Å². The quantitative estimate of drug-likeness (QED) is 0.657. The lowest BCUT2D eigenvalue weighted by atomic mass is 10.0. The number of rotatable bonds is 3. The summed E-state index contributed by atoms with van der Waals surface area (Å²) in [4.78, 5) is 20.0. The fourth-order valence-corrected chi connectivity index (χ4v) is 2.78. The standard InChI is InChI=1S/C13H16N4O3/c1-8-4-5-16(12(8)7-18)13-14-10-3-2-9(17(19)20)6-11(10)15-13/h2-3,6,8,12,18H,4-5,7H2,1H3,(H,14,15). The fraction of sp³-hybridized carbons (Fsp3) is 0.462. The van der Waals surface area contributed by atoms with Gasteiger partial charge in [0.15, 0.2) is 0 Å². The number of non-ortho nitro benzene ring substituents is 1. The van der Waals surface area contributed by atoms with Crippen LogP contribution < -0.4 is 4.90 Å². The summed E-state index contributed by atoms with van der Waals surface area (Å²) in [7, 11) is 0. The maximum atomic E-state index is 10.8. The first-order valence-corrected chi connectivity index (χ1v) is 6.62. The molecule has 1 aliphatic heterocycles. The Labute approximate surface area is 115 Å². The van der Waals surface area contributed by atoms with Gasteiger partial charge in [0.1, 0.15) is 0 Å². The zero-order valence-electron chi connectivity index (χ0n) is 11.1. The van der Waals surface area contributed by atoms with Gasteiger partial charge < -0.3 is 15.0 Å². The first-order chi connectivity index (χ1) is 9.60. The van der Waals surface area contributed by atoms with E-state index in [4.69, 9.17) is 0 Å². The molecule has 2 atom stereocenters. The number of benzene rings is 1. The summed E-state index contributed by atoms with van der Waals surface area (Å²) in [6, 6.07) is 4.62. The average Bonchev–Trinajstić information content (AvgIpc) is 3.00. The normalized spacial score (nSPS) is 22.6. The zero-order valence-corrected chi connectivity index (χ0v) is 11.1. The second kappa shape index (κ2) is 4.75. The molecule has 0 radical (unpaired) electrons. The van der Waals surface area contributed by atoms with Gasteiger partial charge in [-0.15, -0.1) is 0 Å². The molecule has 3 rings (SSSR count). The molecule has 0 saturated carbocycles. The first-order valence-electron chi connectivity index (χ1n) is 6.62. The molecule has 0 amide bonds. The second-order valence-electron chi connectivity index (χ2n) is 5.23. The van der Waals surface area contributed by atoms with Gasteiger partial charge in [-0.3, -0.25) is 10.1 Å². The van der Waals surface area contributed by atoms with Crippen molar-refractivity contribution in [1.29, 1.82) is 0 Å². The van der Waals surface area contributed by atoms with Crippen LogP contribution in [0.25, 0.3) is 11.0 Å². The van der Waals surface area contributed by atoms with Crippen molar-refractivity contribution in [2.75, 3.05) is 18.1 Å². The number of nitro groups is 1. The molecule has 2 aromatic rings. The van der Waals surface area contributed by atoms with Gasteiger partial charge in [0.2, 0.25) is 5.95 Å². The van der Waals surface area contributed by atoms with Gasteiger partial charge in [-0.2, -0.15) is 0 Å². The third-order valence-corrected chi connectivity index (χ3v) is 4.01. The van der Waals surface area contributed by atoms with Crippen LogP contribution >= 0.6 is 0 Å². The molecular weight excluding hydrogens is 260 g/mol. The first kappa shape index (κ1) is 12.9. The molecule has 0 aliphatic carbocycles. The van der Waals surface area contributed by atoms with Crippen molar-refractivity contribution in [1.82, 2.24) is 9.97 Å². The van der Waals surface area contributed by atoms with Gasteiger partial charge in [-0.1, -0.05) is 6.92 Å². The molecule has 2 heterocycles. The Balaban J connectivity index is 1.98. The molecule has 7 nitrogen and oxygen atoms in total. The number of aliphatic hydroxyl groups excluding tert-OH is 1. The molecule has 1 fully saturated rings. The van der Waals surface area contributed by atoms with Crippen LogP contribution in [0.15, 0.2) is 18.2 Å². The van der Waals surface area contributed by atoms with Crippen LogP contribution in [0.2, 0.25) is 0 Å². The van der Waals surface area contributed by atoms with Crippen LogP contribution in [0.3, 0.4) is 0 Å². The van der Waals surface area contributed by atoms with Crippen LogP contribution in [-0.4, -0.2) is 39.2 Å². The van der Waals surface area contributed by atoms with E-state index in [1.54, 1.807) is 6.07 Å². The summed E-state index contributed by atoms with van der Waals surface area (Å²) in [6.07, 6.45) is 1.00. The monoisotopic (exact) mass is 276 g/mol. The number of nitro benzene ring substituents is 1. The number of imidazole rings is 1. The van der Waals surface area contributed by atoms with Crippen molar-refractivity contribution in [3.63, 3.8) is 0 Å². The molecule has 1 aromatic carbocycles. The Bertz CT molecular complexity index is 654. The molecule has 1 aliphatic rings. The van der Waals surface area contributed by atoms with E-state index < -0.39 is 4.92 Å². The lowest BCUT2D eigenvalue weighted by Gasteiger charge is -2.24. The summed E-state index contributed by atoms with van der Waals surface area (Å²) in [5, 5.41) is 20.3.